The lowest BCUT2D eigenvalue weighted by Crippen LogP contribution is -2.14. The SMILES string of the molecule is COc1ccc(-c2csc(NC(=O)CSc3cccc(NC(=O)c4ccco4)c3)n2)cc1OC. The number of ether oxygens (including phenoxy) is 2. The van der Waals surface area contributed by atoms with E-state index in [1.54, 1.807) is 38.5 Å². The Morgan fingerprint density at radius 2 is 1.88 bits per heavy atom. The number of nitrogens with zero attached hydrogens (tertiary/aromatic N) is 1. The number of hydrogen-bond acceptors (Lipinski definition) is 8. The zero-order valence-corrected chi connectivity index (χ0v) is 20.0. The maximum Gasteiger partial charge on any atom is 0.291 e. The Kier molecular flexibility index (Phi) is 7.51. The molecule has 2 aromatic carbocycles. The molecule has 4 aromatic rings. The number of hydrogen-bond donors (Lipinski definition) is 2. The van der Waals surface area contributed by atoms with E-state index in [4.69, 9.17) is 13.9 Å². The van der Waals surface area contributed by atoms with Crippen LogP contribution in [-0.2, 0) is 4.79 Å². The number of thioether (sulfide) groups is 1. The molecule has 2 heterocycles. The van der Waals surface area contributed by atoms with Crippen LogP contribution >= 0.6 is 23.1 Å². The maximum absolute atomic E-state index is 12.4. The van der Waals surface area contributed by atoms with Crippen LogP contribution in [0.15, 0.2) is 75.6 Å². The zero-order valence-electron chi connectivity index (χ0n) is 18.4. The van der Waals surface area contributed by atoms with Crippen LogP contribution in [0.2, 0.25) is 0 Å². The molecule has 0 spiro atoms. The Morgan fingerprint density at radius 3 is 2.65 bits per heavy atom. The van der Waals surface area contributed by atoms with E-state index in [1.807, 2.05) is 35.7 Å². The number of carbonyl (C=O) groups is 2. The van der Waals surface area contributed by atoms with E-state index in [2.05, 4.69) is 15.6 Å². The van der Waals surface area contributed by atoms with E-state index in [9.17, 15) is 9.59 Å². The van der Waals surface area contributed by atoms with Gasteiger partial charge in [-0.2, -0.15) is 0 Å². The highest BCUT2D eigenvalue weighted by molar-refractivity contribution is 8.00. The monoisotopic (exact) mass is 495 g/mol. The van der Waals surface area contributed by atoms with Gasteiger partial charge in [0.1, 0.15) is 0 Å². The van der Waals surface area contributed by atoms with Crippen molar-refractivity contribution >= 4 is 45.7 Å². The number of nitrogens with one attached hydrogen (secondary N) is 2. The van der Waals surface area contributed by atoms with Crippen molar-refractivity contribution in [2.75, 3.05) is 30.6 Å². The average molecular weight is 496 g/mol. The van der Waals surface area contributed by atoms with Crippen molar-refractivity contribution in [1.29, 1.82) is 0 Å². The van der Waals surface area contributed by atoms with Gasteiger partial charge in [-0.1, -0.05) is 6.07 Å². The van der Waals surface area contributed by atoms with Crippen molar-refractivity contribution in [3.05, 3.63) is 72.0 Å². The topological polar surface area (TPSA) is 103 Å². The van der Waals surface area contributed by atoms with Crippen molar-refractivity contribution in [3.63, 3.8) is 0 Å². The number of furan rings is 1. The van der Waals surface area contributed by atoms with Gasteiger partial charge in [0.25, 0.3) is 5.91 Å². The normalized spacial score (nSPS) is 10.5. The second kappa shape index (κ2) is 10.9. The van der Waals surface area contributed by atoms with Crippen molar-refractivity contribution in [2.24, 2.45) is 0 Å². The maximum atomic E-state index is 12.4. The minimum Gasteiger partial charge on any atom is -0.493 e. The van der Waals surface area contributed by atoms with E-state index >= 15 is 0 Å². The second-order valence-electron chi connectivity index (χ2n) is 6.90. The van der Waals surface area contributed by atoms with Crippen molar-refractivity contribution in [1.82, 2.24) is 4.98 Å². The molecule has 2 N–H and O–H groups in total. The lowest BCUT2D eigenvalue weighted by Gasteiger charge is -2.08. The molecule has 34 heavy (non-hydrogen) atoms. The number of methoxy groups -OCH3 is 2. The minimum atomic E-state index is -0.334. The summed E-state index contributed by atoms with van der Waals surface area (Å²) in [4.78, 5) is 29.9. The van der Waals surface area contributed by atoms with E-state index in [1.165, 1.54) is 29.4 Å². The van der Waals surface area contributed by atoms with E-state index in [-0.39, 0.29) is 23.3 Å². The largest absolute Gasteiger partial charge is 0.493 e. The molecule has 0 unspecified atom stereocenters. The van der Waals surface area contributed by atoms with Gasteiger partial charge >= 0.3 is 0 Å². The van der Waals surface area contributed by atoms with Crippen LogP contribution in [-0.4, -0.2) is 36.8 Å². The summed E-state index contributed by atoms with van der Waals surface area (Å²) in [7, 11) is 3.16. The molecule has 0 saturated heterocycles. The van der Waals surface area contributed by atoms with Gasteiger partial charge in [0.05, 0.1) is 31.9 Å². The van der Waals surface area contributed by atoms with Gasteiger partial charge in [-0.25, -0.2) is 4.98 Å². The molecule has 2 amide bonds. The van der Waals surface area contributed by atoms with Gasteiger partial charge in [0, 0.05) is 21.5 Å². The van der Waals surface area contributed by atoms with E-state index in [0.29, 0.717) is 22.3 Å². The number of benzene rings is 2. The van der Waals surface area contributed by atoms with Crippen LogP contribution in [0, 0.1) is 0 Å². The predicted octanol–water partition coefficient (Wildman–Crippen LogP) is 5.40. The second-order valence-corrected chi connectivity index (χ2v) is 8.81. The zero-order chi connectivity index (χ0) is 23.9. The van der Waals surface area contributed by atoms with Gasteiger partial charge in [0.15, 0.2) is 22.4 Å². The Labute approximate surface area is 204 Å². The molecule has 174 valence electrons. The number of aromatic nitrogens is 1. The fraction of sp³-hybridized carbons (Fsp3) is 0.125. The summed E-state index contributed by atoms with van der Waals surface area (Å²) in [6.07, 6.45) is 1.44. The fourth-order valence-corrected chi connectivity index (χ4v) is 4.52. The third-order valence-corrected chi connectivity index (χ3v) is 6.39. The summed E-state index contributed by atoms with van der Waals surface area (Å²) in [5.41, 5.74) is 2.21. The fourth-order valence-electron chi connectivity index (χ4n) is 3.03. The van der Waals surface area contributed by atoms with Gasteiger partial charge in [0.2, 0.25) is 5.91 Å². The van der Waals surface area contributed by atoms with Gasteiger partial charge in [-0.3, -0.25) is 9.59 Å². The van der Waals surface area contributed by atoms with Gasteiger partial charge < -0.3 is 24.5 Å². The number of anilines is 2. The van der Waals surface area contributed by atoms with Crippen LogP contribution in [0.3, 0.4) is 0 Å². The first-order valence-corrected chi connectivity index (χ1v) is 12.0. The van der Waals surface area contributed by atoms with Crippen molar-refractivity contribution in [2.45, 2.75) is 4.90 Å². The lowest BCUT2D eigenvalue weighted by molar-refractivity contribution is -0.113. The molecule has 0 atom stereocenters. The quantitative estimate of drug-likeness (QED) is 0.300. The van der Waals surface area contributed by atoms with Crippen LogP contribution in [0.25, 0.3) is 11.3 Å². The number of carbonyl (C=O) groups excluding carboxylic acids is 2. The van der Waals surface area contributed by atoms with Crippen LogP contribution in [0.5, 0.6) is 11.5 Å². The molecule has 0 aliphatic rings. The van der Waals surface area contributed by atoms with Crippen LogP contribution < -0.4 is 20.1 Å². The summed E-state index contributed by atoms with van der Waals surface area (Å²) < 4.78 is 15.7. The van der Waals surface area contributed by atoms with Crippen LogP contribution in [0.4, 0.5) is 10.8 Å². The molecule has 0 bridgehead atoms. The first-order valence-electron chi connectivity index (χ1n) is 10.1. The molecule has 8 nitrogen and oxygen atoms in total. The third-order valence-electron chi connectivity index (χ3n) is 4.64. The highest BCUT2D eigenvalue weighted by Gasteiger charge is 2.12. The van der Waals surface area contributed by atoms with E-state index in [0.717, 1.165) is 16.2 Å². The highest BCUT2D eigenvalue weighted by Crippen LogP contribution is 2.33. The molecule has 2 aromatic heterocycles. The average Bonchev–Trinajstić information content (AvgIpc) is 3.55. The lowest BCUT2D eigenvalue weighted by atomic mass is 10.1. The Bertz CT molecular complexity index is 1290. The molecule has 0 saturated carbocycles. The molecule has 0 aliphatic heterocycles. The van der Waals surface area contributed by atoms with Gasteiger partial charge in [-0.05, 0) is 48.5 Å². The van der Waals surface area contributed by atoms with Crippen molar-refractivity contribution < 1.29 is 23.5 Å². The van der Waals surface area contributed by atoms with Crippen LogP contribution in [0.1, 0.15) is 10.6 Å². The Balaban J connectivity index is 1.33. The summed E-state index contributed by atoms with van der Waals surface area (Å²) >= 11 is 2.70. The summed E-state index contributed by atoms with van der Waals surface area (Å²) in [6, 6.07) is 16.0. The Hall–Kier alpha value is -3.76. The Morgan fingerprint density at radius 1 is 1.03 bits per heavy atom. The predicted molar refractivity (Wildman–Crippen MR) is 133 cm³/mol. The first-order chi connectivity index (χ1) is 16.6. The summed E-state index contributed by atoms with van der Waals surface area (Å²) in [5.74, 6) is 1.16. The number of thiazole rings is 1. The smallest absolute Gasteiger partial charge is 0.291 e. The molecule has 10 heteroatoms. The number of rotatable bonds is 9. The van der Waals surface area contributed by atoms with Crippen molar-refractivity contribution in [3.8, 4) is 22.8 Å². The minimum absolute atomic E-state index is 0.178. The molecular weight excluding hydrogens is 474 g/mol. The molecule has 0 fully saturated rings. The number of amides is 2. The standard InChI is InChI=1S/C24H21N3O5S2/c1-30-19-9-8-15(11-21(19)31-2)18-13-34-24(26-18)27-22(28)14-33-17-6-3-5-16(12-17)25-23(29)20-7-4-10-32-20/h3-13H,14H2,1-2H3,(H,25,29)(H,26,27,28). The molecule has 0 radical (unpaired) electrons. The van der Waals surface area contributed by atoms with Gasteiger partial charge in [-0.15, -0.1) is 23.1 Å². The van der Waals surface area contributed by atoms with E-state index < -0.39 is 0 Å². The third kappa shape index (κ3) is 5.77. The molecular formula is C24H21N3O5S2. The molecule has 0 aliphatic carbocycles. The molecule has 4 rings (SSSR count). The summed E-state index contributed by atoms with van der Waals surface area (Å²) in [6.45, 7) is 0. The summed E-state index contributed by atoms with van der Waals surface area (Å²) in [5, 5.41) is 7.98. The highest BCUT2D eigenvalue weighted by atomic mass is 32.2. The first kappa shape index (κ1) is 23.4.